The molecule has 1 aliphatic rings. The first-order chi connectivity index (χ1) is 11.3. The van der Waals surface area contributed by atoms with E-state index in [-0.39, 0.29) is 16.2 Å². The van der Waals surface area contributed by atoms with Crippen molar-refractivity contribution in [2.24, 2.45) is 0 Å². The molecule has 0 radical (unpaired) electrons. The Bertz CT molecular complexity index is 829. The Morgan fingerprint density at radius 1 is 1.08 bits per heavy atom. The van der Waals surface area contributed by atoms with Crippen LogP contribution >= 0.6 is 0 Å². The quantitative estimate of drug-likeness (QED) is 0.772. The molecule has 0 spiro atoms. The van der Waals surface area contributed by atoms with Crippen molar-refractivity contribution in [2.45, 2.75) is 37.1 Å². The number of hydrogen-bond acceptors (Lipinski definition) is 3. The fourth-order valence-electron chi connectivity index (χ4n) is 3.25. The molecule has 2 aromatic carbocycles. The second-order valence-electron chi connectivity index (χ2n) is 6.87. The lowest BCUT2D eigenvalue weighted by atomic mass is 9.99. The summed E-state index contributed by atoms with van der Waals surface area (Å²) in [7, 11) is -3.41. The SMILES string of the molecule is CC(C)(CCS(=O)(=O)c1ccc(F)cc1)N1CCc2ccccc21. The maximum Gasteiger partial charge on any atom is 0.178 e. The Kier molecular flexibility index (Phi) is 4.38. The van der Waals surface area contributed by atoms with Gasteiger partial charge in [-0.1, -0.05) is 18.2 Å². The highest BCUT2D eigenvalue weighted by Crippen LogP contribution is 2.35. The predicted molar refractivity (Wildman–Crippen MR) is 94.6 cm³/mol. The van der Waals surface area contributed by atoms with Gasteiger partial charge in [-0.05, 0) is 62.6 Å². The van der Waals surface area contributed by atoms with Crippen LogP contribution in [0, 0.1) is 5.82 Å². The van der Waals surface area contributed by atoms with E-state index < -0.39 is 15.7 Å². The van der Waals surface area contributed by atoms with Crippen LogP contribution in [-0.2, 0) is 16.3 Å². The molecular formula is C19H22FNO2S. The first kappa shape index (κ1) is 17.0. The molecule has 1 aliphatic heterocycles. The van der Waals surface area contributed by atoms with Gasteiger partial charge < -0.3 is 4.90 Å². The molecule has 5 heteroatoms. The van der Waals surface area contributed by atoms with E-state index >= 15 is 0 Å². The molecule has 0 atom stereocenters. The lowest BCUT2D eigenvalue weighted by Gasteiger charge is -2.38. The van der Waals surface area contributed by atoms with Crippen LogP contribution < -0.4 is 4.90 Å². The summed E-state index contributed by atoms with van der Waals surface area (Å²) >= 11 is 0. The summed E-state index contributed by atoms with van der Waals surface area (Å²) in [4.78, 5) is 2.48. The summed E-state index contributed by atoms with van der Waals surface area (Å²) in [6.07, 6.45) is 1.51. The van der Waals surface area contributed by atoms with E-state index in [4.69, 9.17) is 0 Å². The zero-order chi connectivity index (χ0) is 17.4. The van der Waals surface area contributed by atoms with E-state index in [1.54, 1.807) is 0 Å². The predicted octanol–water partition coefficient (Wildman–Crippen LogP) is 3.83. The molecule has 0 fully saturated rings. The van der Waals surface area contributed by atoms with E-state index in [1.165, 1.54) is 35.5 Å². The van der Waals surface area contributed by atoms with Crippen molar-refractivity contribution in [1.82, 2.24) is 0 Å². The van der Waals surface area contributed by atoms with Crippen molar-refractivity contribution in [2.75, 3.05) is 17.2 Å². The number of fused-ring (bicyclic) bond motifs is 1. The molecule has 0 saturated heterocycles. The van der Waals surface area contributed by atoms with Gasteiger partial charge in [0.25, 0.3) is 0 Å². The molecule has 0 saturated carbocycles. The van der Waals surface area contributed by atoms with Crippen molar-refractivity contribution in [3.05, 3.63) is 59.9 Å². The molecule has 0 bridgehead atoms. The molecule has 3 nitrogen and oxygen atoms in total. The van der Waals surface area contributed by atoms with E-state index in [9.17, 15) is 12.8 Å². The number of rotatable bonds is 5. The Labute approximate surface area is 143 Å². The van der Waals surface area contributed by atoms with Gasteiger partial charge in [-0.3, -0.25) is 0 Å². The molecule has 2 aromatic rings. The molecule has 24 heavy (non-hydrogen) atoms. The number of benzene rings is 2. The van der Waals surface area contributed by atoms with Crippen molar-refractivity contribution < 1.29 is 12.8 Å². The molecule has 0 aliphatic carbocycles. The third-order valence-corrected chi connectivity index (χ3v) is 6.51. The van der Waals surface area contributed by atoms with E-state index in [0.717, 1.165) is 13.0 Å². The normalized spacial score (nSPS) is 14.7. The standard InChI is InChI=1S/C19H22FNO2S/c1-19(2,21-13-11-15-5-3-4-6-18(15)21)12-14-24(22,23)17-9-7-16(20)8-10-17/h3-10H,11-14H2,1-2H3. The summed E-state index contributed by atoms with van der Waals surface area (Å²) in [5.41, 5.74) is 2.24. The topological polar surface area (TPSA) is 37.4 Å². The van der Waals surface area contributed by atoms with E-state index in [1.807, 2.05) is 12.1 Å². The van der Waals surface area contributed by atoms with Crippen LogP contribution in [0.25, 0.3) is 0 Å². The maximum absolute atomic E-state index is 13.0. The van der Waals surface area contributed by atoms with Crippen molar-refractivity contribution in [3.8, 4) is 0 Å². The summed E-state index contributed by atoms with van der Waals surface area (Å²) in [6, 6.07) is 13.3. The van der Waals surface area contributed by atoms with E-state index in [2.05, 4.69) is 30.9 Å². The van der Waals surface area contributed by atoms with Crippen LogP contribution in [0.2, 0.25) is 0 Å². The van der Waals surface area contributed by atoms with Crippen molar-refractivity contribution in [1.29, 1.82) is 0 Å². The van der Waals surface area contributed by atoms with E-state index in [0.29, 0.717) is 6.42 Å². The van der Waals surface area contributed by atoms with Crippen molar-refractivity contribution in [3.63, 3.8) is 0 Å². The number of para-hydroxylation sites is 1. The van der Waals surface area contributed by atoms with Gasteiger partial charge in [0.15, 0.2) is 9.84 Å². The number of hydrogen-bond donors (Lipinski definition) is 0. The molecule has 0 amide bonds. The summed E-state index contributed by atoms with van der Waals surface area (Å²) in [6.45, 7) is 5.06. The van der Waals surface area contributed by atoms with Crippen LogP contribution in [0.15, 0.2) is 53.4 Å². The smallest absolute Gasteiger partial charge is 0.178 e. The van der Waals surface area contributed by atoms with Gasteiger partial charge in [-0.15, -0.1) is 0 Å². The number of nitrogens with zero attached hydrogens (tertiary/aromatic N) is 1. The van der Waals surface area contributed by atoms with Crippen LogP contribution in [0.4, 0.5) is 10.1 Å². The average Bonchev–Trinajstić information content (AvgIpc) is 2.99. The molecule has 128 valence electrons. The minimum absolute atomic E-state index is 0.0459. The second-order valence-corrected chi connectivity index (χ2v) is 8.97. The number of anilines is 1. The molecule has 1 heterocycles. The highest BCUT2D eigenvalue weighted by atomic mass is 32.2. The van der Waals surface area contributed by atoms with Gasteiger partial charge in [0.1, 0.15) is 5.82 Å². The minimum Gasteiger partial charge on any atom is -0.366 e. The van der Waals surface area contributed by atoms with Crippen LogP contribution in [0.3, 0.4) is 0 Å². The summed E-state index contributed by atoms with van der Waals surface area (Å²) in [5.74, 6) is -0.382. The molecule has 0 unspecified atom stereocenters. The minimum atomic E-state index is -3.41. The van der Waals surface area contributed by atoms with Crippen LogP contribution in [0.5, 0.6) is 0 Å². The Balaban J connectivity index is 1.75. The lowest BCUT2D eigenvalue weighted by molar-refractivity contribution is 0.453. The van der Waals surface area contributed by atoms with Gasteiger partial charge in [0, 0.05) is 17.8 Å². The van der Waals surface area contributed by atoms with Gasteiger partial charge in [-0.2, -0.15) is 0 Å². The molecule has 0 aromatic heterocycles. The average molecular weight is 347 g/mol. The third kappa shape index (κ3) is 3.31. The highest BCUT2D eigenvalue weighted by molar-refractivity contribution is 7.91. The zero-order valence-electron chi connectivity index (χ0n) is 14.0. The third-order valence-electron chi connectivity index (χ3n) is 4.77. The monoisotopic (exact) mass is 347 g/mol. The highest BCUT2D eigenvalue weighted by Gasteiger charge is 2.33. The van der Waals surface area contributed by atoms with Crippen molar-refractivity contribution >= 4 is 15.5 Å². The second kappa shape index (κ2) is 6.20. The van der Waals surface area contributed by atoms with Gasteiger partial charge in [0.2, 0.25) is 0 Å². The first-order valence-corrected chi connectivity index (χ1v) is 9.79. The van der Waals surface area contributed by atoms with Crippen LogP contribution in [0.1, 0.15) is 25.8 Å². The largest absolute Gasteiger partial charge is 0.366 e. The molecule has 3 rings (SSSR count). The molecule has 0 N–H and O–H groups in total. The lowest BCUT2D eigenvalue weighted by Crippen LogP contribution is -2.44. The van der Waals surface area contributed by atoms with Gasteiger partial charge in [0.05, 0.1) is 10.6 Å². The van der Waals surface area contributed by atoms with Gasteiger partial charge >= 0.3 is 0 Å². The van der Waals surface area contributed by atoms with Crippen LogP contribution in [-0.4, -0.2) is 26.3 Å². The first-order valence-electron chi connectivity index (χ1n) is 8.13. The number of sulfone groups is 1. The van der Waals surface area contributed by atoms with Gasteiger partial charge in [-0.25, -0.2) is 12.8 Å². The summed E-state index contributed by atoms with van der Waals surface area (Å²) < 4.78 is 38.0. The fourth-order valence-corrected chi connectivity index (χ4v) is 4.80. The summed E-state index contributed by atoms with van der Waals surface area (Å²) in [5, 5.41) is 0. The Morgan fingerprint density at radius 3 is 2.46 bits per heavy atom. The maximum atomic E-state index is 13.0. The number of halogens is 1. The zero-order valence-corrected chi connectivity index (χ0v) is 14.8. The Morgan fingerprint density at radius 2 is 1.75 bits per heavy atom. The fraction of sp³-hybridized carbons (Fsp3) is 0.368. The Hall–Kier alpha value is -1.88. The molecular weight excluding hydrogens is 325 g/mol.